The molecule has 0 aliphatic heterocycles. The smallest absolute Gasteiger partial charge is 0.348 e. The fourth-order valence-corrected chi connectivity index (χ4v) is 2.98. The molecule has 0 aliphatic rings. The van der Waals surface area contributed by atoms with Crippen LogP contribution < -0.4 is 19.9 Å². The molecule has 6 nitrogen and oxygen atoms in total. The van der Waals surface area contributed by atoms with E-state index in [1.54, 1.807) is 25.9 Å². The summed E-state index contributed by atoms with van der Waals surface area (Å²) in [5, 5.41) is 0. The average molecular weight is 366 g/mol. The molecular weight excluding hydrogens is 344 g/mol. The Labute approximate surface area is 158 Å². The number of aromatic nitrogens is 2. The van der Waals surface area contributed by atoms with E-state index in [1.165, 1.54) is 0 Å². The molecule has 0 spiro atoms. The van der Waals surface area contributed by atoms with E-state index < -0.39 is 0 Å². The van der Waals surface area contributed by atoms with Gasteiger partial charge >= 0.3 is 5.69 Å². The zero-order valence-corrected chi connectivity index (χ0v) is 15.9. The van der Waals surface area contributed by atoms with Crippen LogP contribution in [0, 0.1) is 0 Å². The Balaban J connectivity index is 2.32. The highest BCUT2D eigenvalue weighted by molar-refractivity contribution is 5.82. The third-order valence-corrected chi connectivity index (χ3v) is 4.36. The molecule has 2 aromatic carbocycles. The van der Waals surface area contributed by atoms with Crippen LogP contribution in [-0.4, -0.2) is 30.9 Å². The molecule has 27 heavy (non-hydrogen) atoms. The molecule has 0 radical (unpaired) electrons. The van der Waals surface area contributed by atoms with Gasteiger partial charge in [0.05, 0.1) is 27.0 Å². The van der Waals surface area contributed by atoms with Crippen molar-refractivity contribution in [2.24, 2.45) is 0 Å². The van der Waals surface area contributed by atoms with Gasteiger partial charge < -0.3 is 14.2 Å². The van der Waals surface area contributed by atoms with Gasteiger partial charge in [-0.3, -0.25) is 4.57 Å². The van der Waals surface area contributed by atoms with Gasteiger partial charge in [-0.1, -0.05) is 30.3 Å². The van der Waals surface area contributed by atoms with Crippen molar-refractivity contribution < 1.29 is 14.2 Å². The van der Waals surface area contributed by atoms with Gasteiger partial charge in [0.1, 0.15) is 0 Å². The zero-order chi connectivity index (χ0) is 19.4. The van der Waals surface area contributed by atoms with Crippen LogP contribution in [0.2, 0.25) is 0 Å². The maximum Gasteiger partial charge on any atom is 0.348 e. The summed E-state index contributed by atoms with van der Waals surface area (Å²) in [4.78, 5) is 16.7. The van der Waals surface area contributed by atoms with E-state index in [-0.39, 0.29) is 5.69 Å². The molecule has 0 amide bonds. The van der Waals surface area contributed by atoms with Crippen LogP contribution in [-0.2, 0) is 6.54 Å². The molecule has 0 N–H and O–H groups in total. The highest BCUT2D eigenvalue weighted by Gasteiger charge is 2.18. The standard InChI is InChI=1S/C21H22N2O4/c1-5-23-13-16(19(22-21(23)24)14-9-7-6-8-10-14)15-11-17(25-2)20(27-4)18(12-15)26-3/h6-13H,5H2,1-4H3. The number of nitrogens with zero attached hydrogens (tertiary/aromatic N) is 2. The van der Waals surface area contributed by atoms with Crippen molar-refractivity contribution >= 4 is 0 Å². The molecule has 0 unspecified atom stereocenters. The fraction of sp³-hybridized carbons (Fsp3) is 0.238. The predicted octanol–water partition coefficient (Wildman–Crippen LogP) is 3.62. The molecule has 140 valence electrons. The lowest BCUT2D eigenvalue weighted by Gasteiger charge is -2.16. The van der Waals surface area contributed by atoms with Gasteiger partial charge in [0, 0.05) is 23.9 Å². The Kier molecular flexibility index (Phi) is 5.45. The first-order valence-electron chi connectivity index (χ1n) is 8.60. The van der Waals surface area contributed by atoms with Crippen LogP contribution in [0.1, 0.15) is 6.92 Å². The summed E-state index contributed by atoms with van der Waals surface area (Å²) in [5.74, 6) is 1.60. The van der Waals surface area contributed by atoms with Gasteiger partial charge in [-0.15, -0.1) is 0 Å². The molecule has 6 heteroatoms. The highest BCUT2D eigenvalue weighted by atomic mass is 16.5. The fourth-order valence-electron chi connectivity index (χ4n) is 2.98. The third-order valence-electron chi connectivity index (χ3n) is 4.36. The van der Waals surface area contributed by atoms with Gasteiger partial charge in [-0.2, -0.15) is 4.98 Å². The molecule has 0 saturated heterocycles. The van der Waals surface area contributed by atoms with E-state index in [1.807, 2.05) is 55.6 Å². The Bertz CT molecular complexity index is 972. The molecule has 0 bridgehead atoms. The van der Waals surface area contributed by atoms with Gasteiger partial charge in [0.25, 0.3) is 0 Å². The van der Waals surface area contributed by atoms with Gasteiger partial charge in [0.15, 0.2) is 11.5 Å². The molecule has 1 heterocycles. The predicted molar refractivity (Wildman–Crippen MR) is 105 cm³/mol. The van der Waals surface area contributed by atoms with Crippen molar-refractivity contribution in [3.8, 4) is 39.6 Å². The van der Waals surface area contributed by atoms with Crippen molar-refractivity contribution in [1.82, 2.24) is 9.55 Å². The van der Waals surface area contributed by atoms with E-state index >= 15 is 0 Å². The molecule has 0 fully saturated rings. The first-order valence-corrected chi connectivity index (χ1v) is 8.60. The van der Waals surface area contributed by atoms with E-state index in [9.17, 15) is 4.79 Å². The second-order valence-corrected chi connectivity index (χ2v) is 5.85. The lowest BCUT2D eigenvalue weighted by Crippen LogP contribution is -2.22. The van der Waals surface area contributed by atoms with E-state index in [4.69, 9.17) is 14.2 Å². The maximum atomic E-state index is 12.4. The first-order chi connectivity index (χ1) is 13.1. The average Bonchev–Trinajstić information content (AvgIpc) is 2.72. The second-order valence-electron chi connectivity index (χ2n) is 5.85. The number of rotatable bonds is 6. The highest BCUT2D eigenvalue weighted by Crippen LogP contribution is 2.42. The summed E-state index contributed by atoms with van der Waals surface area (Å²) in [7, 11) is 4.71. The molecule has 0 atom stereocenters. The largest absolute Gasteiger partial charge is 0.493 e. The Morgan fingerprint density at radius 1 is 0.926 bits per heavy atom. The van der Waals surface area contributed by atoms with Crippen LogP contribution in [0.5, 0.6) is 17.2 Å². The minimum Gasteiger partial charge on any atom is -0.493 e. The number of methoxy groups -OCH3 is 3. The van der Waals surface area contributed by atoms with Crippen molar-refractivity contribution in [1.29, 1.82) is 0 Å². The first kappa shape index (κ1) is 18.5. The van der Waals surface area contributed by atoms with Gasteiger partial charge in [-0.25, -0.2) is 4.79 Å². The summed E-state index contributed by atoms with van der Waals surface area (Å²) in [5.41, 5.74) is 2.81. The number of benzene rings is 2. The normalized spacial score (nSPS) is 10.5. The Morgan fingerprint density at radius 2 is 1.56 bits per heavy atom. The summed E-state index contributed by atoms with van der Waals surface area (Å²) in [6.45, 7) is 2.43. The zero-order valence-electron chi connectivity index (χ0n) is 15.9. The third kappa shape index (κ3) is 3.51. The van der Waals surface area contributed by atoms with Crippen molar-refractivity contribution in [2.45, 2.75) is 13.5 Å². The Morgan fingerprint density at radius 3 is 2.07 bits per heavy atom. The SMILES string of the molecule is CCn1cc(-c2cc(OC)c(OC)c(OC)c2)c(-c2ccccc2)nc1=O. The Hall–Kier alpha value is -3.28. The molecule has 1 aromatic heterocycles. The topological polar surface area (TPSA) is 62.6 Å². The van der Waals surface area contributed by atoms with Crippen LogP contribution in [0.25, 0.3) is 22.4 Å². The summed E-state index contributed by atoms with van der Waals surface area (Å²) >= 11 is 0. The minimum absolute atomic E-state index is 0.285. The molecule has 0 saturated carbocycles. The minimum atomic E-state index is -0.285. The lowest BCUT2D eigenvalue weighted by atomic mass is 10.00. The maximum absolute atomic E-state index is 12.4. The molecular formula is C21H22N2O4. The van der Waals surface area contributed by atoms with Crippen molar-refractivity contribution in [2.75, 3.05) is 21.3 Å². The van der Waals surface area contributed by atoms with Crippen molar-refractivity contribution in [3.63, 3.8) is 0 Å². The van der Waals surface area contributed by atoms with Crippen LogP contribution in [0.3, 0.4) is 0 Å². The van der Waals surface area contributed by atoms with Crippen LogP contribution >= 0.6 is 0 Å². The summed E-state index contributed by atoms with van der Waals surface area (Å²) in [6.07, 6.45) is 1.82. The number of hydrogen-bond donors (Lipinski definition) is 0. The van der Waals surface area contributed by atoms with Gasteiger partial charge in [-0.05, 0) is 24.6 Å². The number of hydrogen-bond acceptors (Lipinski definition) is 5. The molecule has 3 aromatic rings. The number of aryl methyl sites for hydroxylation is 1. The van der Waals surface area contributed by atoms with Crippen molar-refractivity contribution in [3.05, 3.63) is 59.1 Å². The number of ether oxygens (including phenoxy) is 3. The second kappa shape index (κ2) is 7.95. The molecule has 0 aliphatic carbocycles. The quantitative estimate of drug-likeness (QED) is 0.667. The van der Waals surface area contributed by atoms with E-state index in [0.717, 1.165) is 16.7 Å². The summed E-state index contributed by atoms with van der Waals surface area (Å²) < 4.78 is 17.9. The van der Waals surface area contributed by atoms with Crippen LogP contribution in [0.15, 0.2) is 53.5 Å². The van der Waals surface area contributed by atoms with E-state index in [0.29, 0.717) is 29.5 Å². The lowest BCUT2D eigenvalue weighted by molar-refractivity contribution is 0.324. The monoisotopic (exact) mass is 366 g/mol. The summed E-state index contributed by atoms with van der Waals surface area (Å²) in [6, 6.07) is 13.3. The van der Waals surface area contributed by atoms with Crippen LogP contribution in [0.4, 0.5) is 0 Å². The van der Waals surface area contributed by atoms with E-state index in [2.05, 4.69) is 4.98 Å². The van der Waals surface area contributed by atoms with Gasteiger partial charge in [0.2, 0.25) is 5.75 Å². The molecule has 3 rings (SSSR count).